The zero-order valence-corrected chi connectivity index (χ0v) is 10.7. The summed E-state index contributed by atoms with van der Waals surface area (Å²) in [6, 6.07) is 6.47. The maximum Gasteiger partial charge on any atom is 0.122 e. The lowest BCUT2D eigenvalue weighted by Gasteiger charge is -2.20. The molecule has 1 aromatic carbocycles. The van der Waals surface area contributed by atoms with Gasteiger partial charge in [0.05, 0.1) is 6.61 Å². The lowest BCUT2D eigenvalue weighted by atomic mass is 9.91. The molecule has 17 heavy (non-hydrogen) atoms. The number of hydrogen-bond acceptors (Lipinski definition) is 2. The highest BCUT2D eigenvalue weighted by Gasteiger charge is 2.13. The van der Waals surface area contributed by atoms with E-state index in [9.17, 15) is 0 Å². The Morgan fingerprint density at radius 1 is 1.29 bits per heavy atom. The number of benzene rings is 1. The molecule has 0 heterocycles. The van der Waals surface area contributed by atoms with E-state index in [0.717, 1.165) is 25.3 Å². The predicted molar refractivity (Wildman–Crippen MR) is 71.4 cm³/mol. The van der Waals surface area contributed by atoms with Crippen molar-refractivity contribution >= 4 is 0 Å². The SMILES string of the molecule is CC(CN)CCOc1cccc2c1CCCC2. The van der Waals surface area contributed by atoms with Gasteiger partial charge in [-0.05, 0) is 61.8 Å². The van der Waals surface area contributed by atoms with Gasteiger partial charge < -0.3 is 10.5 Å². The molecule has 1 aliphatic carbocycles. The van der Waals surface area contributed by atoms with Gasteiger partial charge in [-0.3, -0.25) is 0 Å². The van der Waals surface area contributed by atoms with E-state index in [0.29, 0.717) is 5.92 Å². The minimum absolute atomic E-state index is 0.550. The molecule has 2 N–H and O–H groups in total. The van der Waals surface area contributed by atoms with Crippen LogP contribution in [0.3, 0.4) is 0 Å². The van der Waals surface area contributed by atoms with Crippen LogP contribution in [-0.4, -0.2) is 13.2 Å². The van der Waals surface area contributed by atoms with Crippen molar-refractivity contribution in [1.29, 1.82) is 0 Å². The maximum atomic E-state index is 5.92. The lowest BCUT2D eigenvalue weighted by Crippen LogP contribution is -2.14. The fraction of sp³-hybridized carbons (Fsp3) is 0.600. The van der Waals surface area contributed by atoms with Gasteiger partial charge in [0.1, 0.15) is 5.75 Å². The topological polar surface area (TPSA) is 35.2 Å². The lowest BCUT2D eigenvalue weighted by molar-refractivity contribution is 0.282. The van der Waals surface area contributed by atoms with E-state index < -0.39 is 0 Å². The highest BCUT2D eigenvalue weighted by atomic mass is 16.5. The van der Waals surface area contributed by atoms with Gasteiger partial charge in [0.15, 0.2) is 0 Å². The van der Waals surface area contributed by atoms with Crippen LogP contribution < -0.4 is 10.5 Å². The molecule has 94 valence electrons. The van der Waals surface area contributed by atoms with E-state index in [2.05, 4.69) is 25.1 Å². The second-order valence-electron chi connectivity index (χ2n) is 5.08. The maximum absolute atomic E-state index is 5.92. The molecule has 0 saturated carbocycles. The number of nitrogens with two attached hydrogens (primary N) is 1. The zero-order chi connectivity index (χ0) is 12.1. The molecule has 2 rings (SSSR count). The second kappa shape index (κ2) is 6.06. The Kier molecular flexibility index (Phi) is 4.43. The Bertz CT molecular complexity index is 362. The van der Waals surface area contributed by atoms with Crippen LogP contribution in [0, 0.1) is 5.92 Å². The number of hydrogen-bond donors (Lipinski definition) is 1. The predicted octanol–water partition coefficient (Wildman–Crippen LogP) is 2.93. The van der Waals surface area contributed by atoms with Crippen molar-refractivity contribution in [2.24, 2.45) is 11.7 Å². The van der Waals surface area contributed by atoms with E-state index in [4.69, 9.17) is 10.5 Å². The number of rotatable bonds is 5. The largest absolute Gasteiger partial charge is 0.493 e. The summed E-state index contributed by atoms with van der Waals surface area (Å²) in [5, 5.41) is 0. The molecule has 1 aromatic rings. The quantitative estimate of drug-likeness (QED) is 0.848. The fourth-order valence-electron chi connectivity index (χ4n) is 2.37. The summed E-state index contributed by atoms with van der Waals surface area (Å²) in [6.45, 7) is 3.70. The van der Waals surface area contributed by atoms with E-state index in [1.807, 2.05) is 0 Å². The molecule has 1 aliphatic rings. The Balaban J connectivity index is 1.96. The Morgan fingerprint density at radius 2 is 2.12 bits per heavy atom. The van der Waals surface area contributed by atoms with Crippen LogP contribution in [0.2, 0.25) is 0 Å². The molecule has 0 spiro atoms. The zero-order valence-electron chi connectivity index (χ0n) is 10.7. The van der Waals surface area contributed by atoms with Gasteiger partial charge in [-0.25, -0.2) is 0 Å². The van der Waals surface area contributed by atoms with Crippen molar-refractivity contribution < 1.29 is 4.74 Å². The van der Waals surface area contributed by atoms with Gasteiger partial charge in [-0.2, -0.15) is 0 Å². The summed E-state index contributed by atoms with van der Waals surface area (Å²) in [5.74, 6) is 1.65. The van der Waals surface area contributed by atoms with E-state index in [1.165, 1.54) is 36.8 Å². The summed E-state index contributed by atoms with van der Waals surface area (Å²) in [6.07, 6.45) is 6.05. The van der Waals surface area contributed by atoms with Crippen molar-refractivity contribution in [3.63, 3.8) is 0 Å². The molecule has 0 aromatic heterocycles. The highest BCUT2D eigenvalue weighted by molar-refractivity contribution is 5.41. The average Bonchev–Trinajstić information content (AvgIpc) is 2.39. The fourth-order valence-corrected chi connectivity index (χ4v) is 2.37. The molecule has 0 amide bonds. The van der Waals surface area contributed by atoms with E-state index >= 15 is 0 Å². The molecule has 0 saturated heterocycles. The third-order valence-electron chi connectivity index (χ3n) is 3.62. The molecule has 1 atom stereocenters. The molecule has 1 unspecified atom stereocenters. The van der Waals surface area contributed by atoms with E-state index in [1.54, 1.807) is 0 Å². The van der Waals surface area contributed by atoms with Crippen molar-refractivity contribution in [2.75, 3.05) is 13.2 Å². The molecule has 0 radical (unpaired) electrons. The van der Waals surface area contributed by atoms with Crippen LogP contribution in [0.25, 0.3) is 0 Å². The first-order valence-electron chi connectivity index (χ1n) is 6.75. The first-order valence-corrected chi connectivity index (χ1v) is 6.75. The minimum Gasteiger partial charge on any atom is -0.493 e. The number of fused-ring (bicyclic) bond motifs is 1. The Hall–Kier alpha value is -1.02. The van der Waals surface area contributed by atoms with Crippen LogP contribution in [0.15, 0.2) is 18.2 Å². The van der Waals surface area contributed by atoms with Crippen LogP contribution >= 0.6 is 0 Å². The van der Waals surface area contributed by atoms with Crippen LogP contribution in [0.4, 0.5) is 0 Å². The molecular formula is C15H23NO. The normalized spacial score (nSPS) is 16.4. The smallest absolute Gasteiger partial charge is 0.122 e. The van der Waals surface area contributed by atoms with Gasteiger partial charge in [0.2, 0.25) is 0 Å². The summed E-state index contributed by atoms with van der Waals surface area (Å²) in [5.41, 5.74) is 8.54. The summed E-state index contributed by atoms with van der Waals surface area (Å²) in [4.78, 5) is 0. The summed E-state index contributed by atoms with van der Waals surface area (Å²) >= 11 is 0. The highest BCUT2D eigenvalue weighted by Crippen LogP contribution is 2.29. The second-order valence-corrected chi connectivity index (χ2v) is 5.08. The van der Waals surface area contributed by atoms with Crippen molar-refractivity contribution in [3.05, 3.63) is 29.3 Å². The molecule has 0 aliphatic heterocycles. The Morgan fingerprint density at radius 3 is 2.94 bits per heavy atom. The van der Waals surface area contributed by atoms with E-state index in [-0.39, 0.29) is 0 Å². The third-order valence-corrected chi connectivity index (χ3v) is 3.62. The standard InChI is InChI=1S/C15H23NO/c1-12(11-16)9-10-17-15-8-4-6-13-5-2-3-7-14(13)15/h4,6,8,12H,2-3,5,7,9-11,16H2,1H3. The summed E-state index contributed by atoms with van der Waals surface area (Å²) in [7, 11) is 0. The van der Waals surface area contributed by atoms with Gasteiger partial charge in [0.25, 0.3) is 0 Å². The minimum atomic E-state index is 0.550. The first kappa shape index (κ1) is 12.4. The number of ether oxygens (including phenoxy) is 1. The average molecular weight is 233 g/mol. The van der Waals surface area contributed by atoms with Gasteiger partial charge in [-0.1, -0.05) is 19.1 Å². The molecular weight excluding hydrogens is 210 g/mol. The van der Waals surface area contributed by atoms with Crippen LogP contribution in [0.1, 0.15) is 37.3 Å². The van der Waals surface area contributed by atoms with Crippen molar-refractivity contribution in [3.8, 4) is 5.75 Å². The van der Waals surface area contributed by atoms with Crippen LogP contribution in [-0.2, 0) is 12.8 Å². The summed E-state index contributed by atoms with van der Waals surface area (Å²) < 4.78 is 5.92. The van der Waals surface area contributed by atoms with Gasteiger partial charge in [-0.15, -0.1) is 0 Å². The molecule has 0 fully saturated rings. The van der Waals surface area contributed by atoms with Crippen LogP contribution in [0.5, 0.6) is 5.75 Å². The van der Waals surface area contributed by atoms with Crippen molar-refractivity contribution in [1.82, 2.24) is 0 Å². The molecule has 2 heteroatoms. The Labute approximate surface area is 104 Å². The third kappa shape index (κ3) is 3.22. The monoisotopic (exact) mass is 233 g/mol. The van der Waals surface area contributed by atoms with Gasteiger partial charge in [0, 0.05) is 0 Å². The van der Waals surface area contributed by atoms with Crippen molar-refractivity contribution in [2.45, 2.75) is 39.0 Å². The molecule has 2 nitrogen and oxygen atoms in total. The molecule has 0 bridgehead atoms. The first-order chi connectivity index (χ1) is 8.31. The number of aryl methyl sites for hydroxylation is 1. The van der Waals surface area contributed by atoms with Gasteiger partial charge >= 0.3 is 0 Å².